The summed E-state index contributed by atoms with van der Waals surface area (Å²) >= 11 is 0. The van der Waals surface area contributed by atoms with Crippen LogP contribution in [0, 0.1) is 0 Å². The number of hydrogen-bond acceptors (Lipinski definition) is 3. The van der Waals surface area contributed by atoms with E-state index in [2.05, 4.69) is 4.98 Å². The Hall–Kier alpha value is -3.35. The first kappa shape index (κ1) is 16.1. The lowest BCUT2D eigenvalue weighted by Crippen LogP contribution is -2.09. The lowest BCUT2D eigenvalue weighted by Gasteiger charge is -2.12. The maximum Gasteiger partial charge on any atom is 0.418 e. The predicted molar refractivity (Wildman–Crippen MR) is 88.9 cm³/mol. The molecule has 0 atom stereocenters. The number of carbonyl (C=O) groups is 1. The van der Waals surface area contributed by atoms with Gasteiger partial charge < -0.3 is 9.52 Å². The zero-order valence-corrected chi connectivity index (χ0v) is 13.0. The minimum absolute atomic E-state index is 0.0304. The number of furan rings is 1. The van der Waals surface area contributed by atoms with Gasteiger partial charge in [0.25, 0.3) is 0 Å². The van der Waals surface area contributed by atoms with E-state index < -0.39 is 23.2 Å². The van der Waals surface area contributed by atoms with Crippen molar-refractivity contribution in [3.05, 3.63) is 65.7 Å². The van der Waals surface area contributed by atoms with Crippen molar-refractivity contribution in [1.82, 2.24) is 4.98 Å². The Morgan fingerprint density at radius 3 is 2.50 bits per heavy atom. The fraction of sp³-hybridized carbons (Fsp3) is 0.0526. The number of hydrogen-bond donors (Lipinski definition) is 1. The van der Waals surface area contributed by atoms with Gasteiger partial charge in [0.2, 0.25) is 0 Å². The molecule has 1 N–H and O–H groups in total. The third kappa shape index (κ3) is 2.57. The van der Waals surface area contributed by atoms with Crippen LogP contribution in [0.2, 0.25) is 0 Å². The zero-order chi connectivity index (χ0) is 18.5. The second-order valence-electron chi connectivity index (χ2n) is 5.71. The third-order valence-corrected chi connectivity index (χ3v) is 4.05. The number of nitrogens with zero attached hydrogens (tertiary/aromatic N) is 1. The zero-order valence-electron chi connectivity index (χ0n) is 13.0. The van der Waals surface area contributed by atoms with Gasteiger partial charge in [0.15, 0.2) is 5.76 Å². The number of halogens is 3. The Labute approximate surface area is 144 Å². The summed E-state index contributed by atoms with van der Waals surface area (Å²) in [6, 6.07) is 13.2. The smallest absolute Gasteiger partial charge is 0.418 e. The van der Waals surface area contributed by atoms with Crippen LogP contribution >= 0.6 is 0 Å². The third-order valence-electron chi connectivity index (χ3n) is 4.05. The van der Waals surface area contributed by atoms with Crippen LogP contribution in [-0.4, -0.2) is 16.1 Å². The molecule has 130 valence electrons. The van der Waals surface area contributed by atoms with Gasteiger partial charge in [-0.25, -0.2) is 9.78 Å². The van der Waals surface area contributed by atoms with Crippen molar-refractivity contribution in [2.45, 2.75) is 6.18 Å². The van der Waals surface area contributed by atoms with Crippen LogP contribution < -0.4 is 0 Å². The van der Waals surface area contributed by atoms with Crippen molar-refractivity contribution in [3.8, 4) is 11.5 Å². The minimum Gasteiger partial charge on any atom is -0.478 e. The van der Waals surface area contributed by atoms with E-state index in [4.69, 9.17) is 4.42 Å². The quantitative estimate of drug-likeness (QED) is 0.524. The molecule has 2 aromatic heterocycles. The summed E-state index contributed by atoms with van der Waals surface area (Å²) in [4.78, 5) is 15.7. The summed E-state index contributed by atoms with van der Waals surface area (Å²) in [5, 5.41) is 10.1. The summed E-state index contributed by atoms with van der Waals surface area (Å²) in [5.74, 6) is -1.14. The molecule has 0 fully saturated rings. The number of aromatic nitrogens is 1. The predicted octanol–water partition coefficient (Wildman–Crippen LogP) is 5.37. The van der Waals surface area contributed by atoms with Gasteiger partial charge in [0.1, 0.15) is 11.3 Å². The molecule has 0 unspecified atom stereocenters. The number of rotatable bonds is 2. The molecule has 0 aliphatic heterocycles. The molecule has 0 amide bonds. The summed E-state index contributed by atoms with van der Waals surface area (Å²) in [5.41, 5.74) is -1.12. The molecule has 4 nitrogen and oxygen atoms in total. The van der Waals surface area contributed by atoms with E-state index in [-0.39, 0.29) is 22.4 Å². The van der Waals surface area contributed by atoms with E-state index >= 15 is 0 Å². The average molecular weight is 357 g/mol. The molecule has 0 saturated carbocycles. The Morgan fingerprint density at radius 1 is 1.04 bits per heavy atom. The number of aromatic carboxylic acids is 1. The summed E-state index contributed by atoms with van der Waals surface area (Å²) in [7, 11) is 0. The maximum absolute atomic E-state index is 13.3. The number of carboxylic acid groups (broad SMARTS) is 1. The van der Waals surface area contributed by atoms with Gasteiger partial charge in [-0.15, -0.1) is 0 Å². The Bertz CT molecular complexity index is 1130. The largest absolute Gasteiger partial charge is 0.478 e. The van der Waals surface area contributed by atoms with Gasteiger partial charge in [-0.3, -0.25) is 0 Å². The molecule has 26 heavy (non-hydrogen) atoms. The molecule has 4 rings (SSSR count). The van der Waals surface area contributed by atoms with Crippen molar-refractivity contribution in [2.75, 3.05) is 0 Å². The van der Waals surface area contributed by atoms with E-state index in [0.717, 1.165) is 11.5 Å². The second-order valence-corrected chi connectivity index (χ2v) is 5.71. The van der Waals surface area contributed by atoms with Crippen molar-refractivity contribution in [1.29, 1.82) is 0 Å². The van der Waals surface area contributed by atoms with Gasteiger partial charge in [-0.1, -0.05) is 30.3 Å². The summed E-state index contributed by atoms with van der Waals surface area (Å²) in [6.45, 7) is 0. The van der Waals surface area contributed by atoms with E-state index in [9.17, 15) is 23.1 Å². The summed E-state index contributed by atoms with van der Waals surface area (Å²) in [6.07, 6.45) is -4.66. The standard InChI is InChI=1S/C19H10F3NO3/c20-19(21,22)13-6-3-5-11-12(18(24)25)9-14(23-17(11)13)16-8-10-4-1-2-7-15(10)26-16/h1-9H,(H,24,25). The number of benzene rings is 2. The van der Waals surface area contributed by atoms with E-state index in [0.29, 0.717) is 5.58 Å². The molecule has 0 saturated heterocycles. The first-order valence-corrected chi connectivity index (χ1v) is 7.58. The molecular weight excluding hydrogens is 347 g/mol. The van der Waals surface area contributed by atoms with E-state index in [1.54, 1.807) is 30.3 Å². The number of carboxylic acids is 1. The van der Waals surface area contributed by atoms with Gasteiger partial charge in [0.05, 0.1) is 16.6 Å². The van der Waals surface area contributed by atoms with Crippen LogP contribution in [0.1, 0.15) is 15.9 Å². The highest BCUT2D eigenvalue weighted by molar-refractivity contribution is 6.04. The Balaban J connectivity index is 2.05. The molecule has 0 aliphatic rings. The fourth-order valence-corrected chi connectivity index (χ4v) is 2.89. The highest BCUT2D eigenvalue weighted by Crippen LogP contribution is 2.37. The number of fused-ring (bicyclic) bond motifs is 2. The fourth-order valence-electron chi connectivity index (χ4n) is 2.89. The lowest BCUT2D eigenvalue weighted by molar-refractivity contribution is -0.136. The van der Waals surface area contributed by atoms with Crippen LogP contribution in [0.25, 0.3) is 33.3 Å². The van der Waals surface area contributed by atoms with Crippen molar-refractivity contribution in [3.63, 3.8) is 0 Å². The van der Waals surface area contributed by atoms with Gasteiger partial charge >= 0.3 is 12.1 Å². The van der Waals surface area contributed by atoms with Crippen LogP contribution in [0.4, 0.5) is 13.2 Å². The highest BCUT2D eigenvalue weighted by Gasteiger charge is 2.34. The lowest BCUT2D eigenvalue weighted by atomic mass is 10.0. The number of para-hydroxylation sites is 2. The molecule has 2 heterocycles. The number of alkyl halides is 3. The first-order valence-electron chi connectivity index (χ1n) is 7.58. The minimum atomic E-state index is -4.66. The maximum atomic E-state index is 13.3. The Kier molecular flexibility index (Phi) is 3.47. The second kappa shape index (κ2) is 5.59. The number of pyridine rings is 1. The molecule has 0 aliphatic carbocycles. The first-order chi connectivity index (χ1) is 12.3. The van der Waals surface area contributed by atoms with E-state index in [1.807, 2.05) is 0 Å². The Morgan fingerprint density at radius 2 is 1.81 bits per heavy atom. The molecule has 7 heteroatoms. The van der Waals surface area contributed by atoms with Gasteiger partial charge in [-0.05, 0) is 24.3 Å². The molecular formula is C19H10F3NO3. The normalized spacial score (nSPS) is 12.0. The molecule has 0 spiro atoms. The molecule has 4 aromatic rings. The van der Waals surface area contributed by atoms with Crippen LogP contribution in [-0.2, 0) is 6.18 Å². The van der Waals surface area contributed by atoms with Crippen LogP contribution in [0.15, 0.2) is 59.0 Å². The van der Waals surface area contributed by atoms with Crippen LogP contribution in [0.5, 0.6) is 0 Å². The van der Waals surface area contributed by atoms with Crippen LogP contribution in [0.3, 0.4) is 0 Å². The van der Waals surface area contributed by atoms with E-state index in [1.165, 1.54) is 18.2 Å². The average Bonchev–Trinajstić information content (AvgIpc) is 3.03. The van der Waals surface area contributed by atoms with Gasteiger partial charge in [-0.2, -0.15) is 13.2 Å². The summed E-state index contributed by atoms with van der Waals surface area (Å²) < 4.78 is 45.7. The van der Waals surface area contributed by atoms with Gasteiger partial charge in [0, 0.05) is 10.8 Å². The monoisotopic (exact) mass is 357 g/mol. The highest BCUT2D eigenvalue weighted by atomic mass is 19.4. The van der Waals surface area contributed by atoms with Crippen molar-refractivity contribution in [2.24, 2.45) is 0 Å². The topological polar surface area (TPSA) is 63.3 Å². The van der Waals surface area contributed by atoms with Crippen molar-refractivity contribution >= 4 is 27.8 Å². The molecule has 2 aromatic carbocycles. The molecule has 0 bridgehead atoms. The SMILES string of the molecule is O=C(O)c1cc(-c2cc3ccccc3o2)nc2c(C(F)(F)F)cccc12. The molecule has 0 radical (unpaired) electrons. The van der Waals surface area contributed by atoms with Crippen molar-refractivity contribution < 1.29 is 27.5 Å².